The SMILES string of the molecule is Nc1nc(/C(=N\O)C(=O)N[C@@H]2C(=O)N3C(C(=O)[O-])=C(/C=C/Sc4cc[n+](CCO)cc4)CS[C@H]23)cs1. The number of hydrogen-bond donors (Lipinski definition) is 4. The molecule has 0 unspecified atom stereocenters. The molecule has 0 aliphatic carbocycles. The van der Waals surface area contributed by atoms with Gasteiger partial charge in [0.1, 0.15) is 23.7 Å². The molecule has 4 heterocycles. The molecule has 4 rings (SSSR count). The Hall–Kier alpha value is -3.40. The van der Waals surface area contributed by atoms with E-state index in [0.29, 0.717) is 12.1 Å². The summed E-state index contributed by atoms with van der Waals surface area (Å²) in [5, 5.41) is 38.3. The van der Waals surface area contributed by atoms with Gasteiger partial charge in [-0.1, -0.05) is 16.9 Å². The number of amides is 2. The lowest BCUT2D eigenvalue weighted by Gasteiger charge is -2.50. The first kappa shape index (κ1) is 25.7. The number of thiazole rings is 1. The second-order valence-corrected chi connectivity index (χ2v) is 10.4. The number of nitrogens with one attached hydrogen (secondary N) is 1. The highest BCUT2D eigenvalue weighted by Gasteiger charge is 2.53. The summed E-state index contributed by atoms with van der Waals surface area (Å²) in [6.07, 6.45) is 5.27. The van der Waals surface area contributed by atoms with Crippen molar-refractivity contribution < 1.29 is 34.4 Å². The highest BCUT2D eigenvalue weighted by atomic mass is 32.2. The molecule has 2 aromatic rings. The maximum atomic E-state index is 12.8. The molecule has 2 aliphatic rings. The van der Waals surface area contributed by atoms with Gasteiger partial charge in [-0.2, -0.15) is 0 Å². The van der Waals surface area contributed by atoms with Gasteiger partial charge in [0.2, 0.25) is 0 Å². The maximum Gasteiger partial charge on any atom is 0.276 e. The number of hydrogen-bond acceptors (Lipinski definition) is 12. The van der Waals surface area contributed by atoms with Crippen LogP contribution in [0.1, 0.15) is 5.69 Å². The first-order chi connectivity index (χ1) is 17.3. The highest BCUT2D eigenvalue weighted by molar-refractivity contribution is 8.02. The topological polar surface area (TPSA) is 185 Å². The molecule has 0 radical (unpaired) electrons. The molecule has 15 heteroatoms. The number of aliphatic carboxylic acids is 1. The second-order valence-electron chi connectivity index (χ2n) is 7.46. The molecule has 0 saturated carbocycles. The van der Waals surface area contributed by atoms with E-state index in [1.807, 2.05) is 29.1 Å². The van der Waals surface area contributed by atoms with Crippen molar-refractivity contribution in [2.45, 2.75) is 22.9 Å². The zero-order valence-corrected chi connectivity index (χ0v) is 20.9. The monoisotopic (exact) mass is 548 g/mol. The molecule has 0 spiro atoms. The van der Waals surface area contributed by atoms with Gasteiger partial charge >= 0.3 is 0 Å². The van der Waals surface area contributed by atoms with Gasteiger partial charge in [-0.15, -0.1) is 23.1 Å². The van der Waals surface area contributed by atoms with E-state index in [-0.39, 0.29) is 28.9 Å². The largest absolute Gasteiger partial charge is 0.543 e. The number of carboxylic acid groups (broad SMARTS) is 1. The molecule has 1 fully saturated rings. The Bertz CT molecular complexity index is 1280. The van der Waals surface area contributed by atoms with Gasteiger partial charge in [0.05, 0.1) is 11.7 Å². The Morgan fingerprint density at radius 2 is 2.17 bits per heavy atom. The van der Waals surface area contributed by atoms with Crippen molar-refractivity contribution >= 4 is 63.5 Å². The van der Waals surface area contributed by atoms with Gasteiger partial charge in [0.15, 0.2) is 29.8 Å². The van der Waals surface area contributed by atoms with E-state index in [2.05, 4.69) is 15.5 Å². The maximum absolute atomic E-state index is 12.8. The van der Waals surface area contributed by atoms with Crippen LogP contribution in [0.3, 0.4) is 0 Å². The number of fused-ring (bicyclic) bond motifs is 1. The van der Waals surface area contributed by atoms with Gasteiger partial charge in [0.25, 0.3) is 11.8 Å². The van der Waals surface area contributed by atoms with Crippen LogP contribution in [0.25, 0.3) is 0 Å². The average molecular weight is 549 g/mol. The summed E-state index contributed by atoms with van der Waals surface area (Å²) in [6, 6.07) is 2.71. The molecule has 2 atom stereocenters. The number of pyridine rings is 1. The van der Waals surface area contributed by atoms with Crippen LogP contribution in [0.4, 0.5) is 5.13 Å². The molecule has 2 aromatic heterocycles. The standard InChI is InChI=1S/C21H20N6O6S3/c22-21-23-13(10-36-21)14(25-33)17(29)24-15-18(30)27-16(20(31)32)11(9-35-19(15)27)3-8-34-12-1-4-26(5-2-12)6-7-28/h1-5,8,10,15,19,28H,6-7,9H2,(H4-,22,23,24,29,31,32,33)/b8-3+/t15-,19-/m1/s1. The Morgan fingerprint density at radius 3 is 2.78 bits per heavy atom. The fourth-order valence-corrected chi connectivity index (χ4v) is 6.10. The number of aliphatic hydroxyl groups is 1. The fraction of sp³-hybridized carbons (Fsp3) is 0.238. The van der Waals surface area contributed by atoms with Gasteiger partial charge < -0.3 is 31.3 Å². The number of nitrogen functional groups attached to an aromatic ring is 1. The Kier molecular flexibility index (Phi) is 7.93. The summed E-state index contributed by atoms with van der Waals surface area (Å²) in [5.41, 5.74) is 5.36. The summed E-state index contributed by atoms with van der Waals surface area (Å²) >= 11 is 3.71. The minimum Gasteiger partial charge on any atom is -0.543 e. The number of aromatic nitrogens is 2. The number of anilines is 1. The van der Waals surface area contributed by atoms with Gasteiger partial charge in [-0.05, 0) is 17.1 Å². The number of carbonyl (C=O) groups excluding carboxylic acids is 3. The molecule has 2 amide bonds. The van der Waals surface area contributed by atoms with Crippen LogP contribution in [0.5, 0.6) is 0 Å². The molecule has 12 nitrogen and oxygen atoms in total. The predicted molar refractivity (Wildman–Crippen MR) is 131 cm³/mol. The number of nitrogens with two attached hydrogens (primary N) is 1. The summed E-state index contributed by atoms with van der Waals surface area (Å²) < 4.78 is 1.83. The summed E-state index contributed by atoms with van der Waals surface area (Å²) in [5.74, 6) is -2.69. The molecular formula is C21H20N6O6S3. The number of rotatable bonds is 9. The second kappa shape index (κ2) is 11.1. The van der Waals surface area contributed by atoms with E-state index in [4.69, 9.17) is 10.8 Å². The minimum absolute atomic E-state index is 0.0345. The highest BCUT2D eigenvalue weighted by Crippen LogP contribution is 2.40. The van der Waals surface area contributed by atoms with E-state index < -0.39 is 34.9 Å². The van der Waals surface area contributed by atoms with Crippen LogP contribution in [-0.2, 0) is 20.9 Å². The predicted octanol–water partition coefficient (Wildman–Crippen LogP) is -1.11. The van der Waals surface area contributed by atoms with E-state index >= 15 is 0 Å². The number of nitrogens with zero attached hydrogens (tertiary/aromatic N) is 4. The van der Waals surface area contributed by atoms with E-state index in [0.717, 1.165) is 21.1 Å². The summed E-state index contributed by atoms with van der Waals surface area (Å²) in [6.45, 7) is 0.521. The minimum atomic E-state index is -1.50. The van der Waals surface area contributed by atoms with Crippen molar-refractivity contribution in [3.05, 3.63) is 58.4 Å². The van der Waals surface area contributed by atoms with Crippen molar-refractivity contribution in [2.75, 3.05) is 18.1 Å². The van der Waals surface area contributed by atoms with Crippen molar-refractivity contribution in [3.63, 3.8) is 0 Å². The average Bonchev–Trinajstić information content (AvgIpc) is 3.29. The van der Waals surface area contributed by atoms with E-state index in [1.165, 1.54) is 28.9 Å². The Morgan fingerprint density at radius 1 is 1.42 bits per heavy atom. The van der Waals surface area contributed by atoms with Crippen LogP contribution in [-0.4, -0.2) is 67.5 Å². The number of β-lactam (4-membered cyclic amide) rings is 1. The van der Waals surface area contributed by atoms with E-state index in [1.54, 1.807) is 11.5 Å². The third-order valence-electron chi connectivity index (χ3n) is 5.25. The van der Waals surface area contributed by atoms with Crippen molar-refractivity contribution in [3.8, 4) is 0 Å². The quantitative estimate of drug-likeness (QED) is 0.0748. The first-order valence-electron chi connectivity index (χ1n) is 10.4. The number of carbonyl (C=O) groups is 3. The number of oxime groups is 1. The van der Waals surface area contributed by atoms with Crippen LogP contribution >= 0.6 is 34.9 Å². The van der Waals surface area contributed by atoms with Crippen LogP contribution < -0.4 is 20.7 Å². The van der Waals surface area contributed by atoms with Gasteiger partial charge in [0, 0.05) is 28.2 Å². The third kappa shape index (κ3) is 5.23. The molecular weight excluding hydrogens is 528 g/mol. The number of thioether (sulfide) groups is 2. The van der Waals surface area contributed by atoms with E-state index in [9.17, 15) is 24.7 Å². The first-order valence-corrected chi connectivity index (χ1v) is 13.2. The number of carboxylic acids is 1. The van der Waals surface area contributed by atoms with Crippen LogP contribution in [0.2, 0.25) is 0 Å². The number of aliphatic hydroxyl groups excluding tert-OH is 1. The molecule has 0 bridgehead atoms. The molecule has 1 saturated heterocycles. The fourth-order valence-electron chi connectivity index (χ4n) is 3.56. The van der Waals surface area contributed by atoms with Crippen molar-refractivity contribution in [2.24, 2.45) is 5.16 Å². The number of allylic oxidation sites excluding steroid dienone is 1. The van der Waals surface area contributed by atoms with Gasteiger partial charge in [-0.3, -0.25) is 14.5 Å². The Labute approximate surface area is 217 Å². The normalized spacial score (nSPS) is 19.9. The zero-order chi connectivity index (χ0) is 25.8. The summed E-state index contributed by atoms with van der Waals surface area (Å²) in [7, 11) is 0. The third-order valence-corrected chi connectivity index (χ3v) is 8.04. The molecule has 188 valence electrons. The van der Waals surface area contributed by atoms with Gasteiger partial charge in [-0.25, -0.2) is 9.55 Å². The van der Waals surface area contributed by atoms with Crippen molar-refractivity contribution in [1.82, 2.24) is 15.2 Å². The van der Waals surface area contributed by atoms with Crippen LogP contribution in [0, 0.1) is 0 Å². The summed E-state index contributed by atoms with van der Waals surface area (Å²) in [4.78, 5) is 43.2. The molecule has 5 N–H and O–H groups in total. The lowest BCUT2D eigenvalue weighted by molar-refractivity contribution is -0.698. The lowest BCUT2D eigenvalue weighted by atomic mass is 10.0. The molecule has 2 aliphatic heterocycles. The molecule has 36 heavy (non-hydrogen) atoms. The van der Waals surface area contributed by atoms with Crippen molar-refractivity contribution in [1.29, 1.82) is 0 Å². The lowest BCUT2D eigenvalue weighted by Crippen LogP contribution is -2.71. The van der Waals surface area contributed by atoms with Crippen LogP contribution in [0.15, 0.2) is 62.7 Å². The smallest absolute Gasteiger partial charge is 0.276 e. The molecule has 0 aromatic carbocycles. The zero-order valence-electron chi connectivity index (χ0n) is 18.4. The Balaban J connectivity index is 1.45.